The van der Waals surface area contributed by atoms with Crippen molar-refractivity contribution in [1.82, 2.24) is 10.2 Å². The summed E-state index contributed by atoms with van der Waals surface area (Å²) in [6.07, 6.45) is 0. The van der Waals surface area contributed by atoms with Gasteiger partial charge in [0, 0.05) is 41.9 Å². The summed E-state index contributed by atoms with van der Waals surface area (Å²) < 4.78 is 11.2. The molecule has 2 aliphatic rings. The fourth-order valence-corrected chi connectivity index (χ4v) is 3.26. The van der Waals surface area contributed by atoms with E-state index in [9.17, 15) is 4.21 Å². The molecular formula is C10H20N2OS. The van der Waals surface area contributed by atoms with Gasteiger partial charge in [-0.2, -0.15) is 0 Å². The monoisotopic (exact) mass is 216 g/mol. The molecule has 14 heavy (non-hydrogen) atoms. The Morgan fingerprint density at radius 1 is 1.43 bits per heavy atom. The second-order valence-corrected chi connectivity index (χ2v) is 6.24. The second-order valence-electron chi connectivity index (χ2n) is 4.54. The van der Waals surface area contributed by atoms with E-state index in [1.807, 2.05) is 0 Å². The molecule has 2 heterocycles. The van der Waals surface area contributed by atoms with E-state index in [4.69, 9.17) is 0 Å². The maximum absolute atomic E-state index is 11.2. The van der Waals surface area contributed by atoms with Crippen molar-refractivity contribution in [2.75, 3.05) is 44.2 Å². The average molecular weight is 216 g/mol. The van der Waals surface area contributed by atoms with Crippen molar-refractivity contribution >= 4 is 10.8 Å². The molecule has 0 spiro atoms. The average Bonchev–Trinajstić information content (AvgIpc) is 2.06. The van der Waals surface area contributed by atoms with Crippen molar-refractivity contribution in [2.45, 2.75) is 6.92 Å². The van der Waals surface area contributed by atoms with E-state index in [1.54, 1.807) is 0 Å². The number of nitrogens with one attached hydrogen (secondary N) is 1. The Balaban J connectivity index is 1.71. The molecule has 82 valence electrons. The minimum Gasteiger partial charge on any atom is -0.316 e. The van der Waals surface area contributed by atoms with Crippen molar-refractivity contribution in [3.8, 4) is 0 Å². The standard InChI is InChI=1S/C10H20N2OS/c1-9(10-6-11-7-10)8-12-2-4-14(13)5-3-12/h9-11H,2-8H2,1H3. The van der Waals surface area contributed by atoms with Crippen molar-refractivity contribution in [2.24, 2.45) is 11.8 Å². The van der Waals surface area contributed by atoms with E-state index in [0.717, 1.165) is 36.4 Å². The van der Waals surface area contributed by atoms with E-state index in [-0.39, 0.29) is 0 Å². The van der Waals surface area contributed by atoms with Crippen molar-refractivity contribution in [3.05, 3.63) is 0 Å². The fraction of sp³-hybridized carbons (Fsp3) is 1.00. The summed E-state index contributed by atoms with van der Waals surface area (Å²) in [6.45, 7) is 8.01. The molecular weight excluding hydrogens is 196 g/mol. The van der Waals surface area contributed by atoms with Crippen LogP contribution in [-0.2, 0) is 10.8 Å². The van der Waals surface area contributed by atoms with Gasteiger partial charge in [-0.3, -0.25) is 4.21 Å². The maximum atomic E-state index is 11.2. The molecule has 0 saturated carbocycles. The normalized spacial score (nSPS) is 28.6. The first-order chi connectivity index (χ1) is 6.75. The van der Waals surface area contributed by atoms with Crippen LogP contribution in [-0.4, -0.2) is 53.3 Å². The van der Waals surface area contributed by atoms with Crippen LogP contribution in [0, 0.1) is 11.8 Å². The predicted molar refractivity (Wildman–Crippen MR) is 59.8 cm³/mol. The molecule has 1 atom stereocenters. The lowest BCUT2D eigenvalue weighted by molar-refractivity contribution is 0.174. The lowest BCUT2D eigenvalue weighted by Crippen LogP contribution is -2.49. The van der Waals surface area contributed by atoms with E-state index < -0.39 is 10.8 Å². The van der Waals surface area contributed by atoms with Gasteiger partial charge in [0.15, 0.2) is 0 Å². The molecule has 3 nitrogen and oxygen atoms in total. The SMILES string of the molecule is CC(CN1CCS(=O)CC1)C1CNC1. The minimum atomic E-state index is -0.528. The van der Waals surface area contributed by atoms with Crippen LogP contribution in [0.25, 0.3) is 0 Å². The molecule has 0 amide bonds. The first-order valence-electron chi connectivity index (χ1n) is 5.54. The Morgan fingerprint density at radius 2 is 2.07 bits per heavy atom. The van der Waals surface area contributed by atoms with Gasteiger partial charge >= 0.3 is 0 Å². The topological polar surface area (TPSA) is 32.3 Å². The zero-order chi connectivity index (χ0) is 9.97. The molecule has 2 aliphatic heterocycles. The lowest BCUT2D eigenvalue weighted by atomic mass is 9.88. The third kappa shape index (κ3) is 2.55. The molecule has 2 fully saturated rings. The van der Waals surface area contributed by atoms with Gasteiger partial charge in [-0.15, -0.1) is 0 Å². The Hall–Kier alpha value is 0.0700. The lowest BCUT2D eigenvalue weighted by Gasteiger charge is -2.36. The van der Waals surface area contributed by atoms with Gasteiger partial charge in [0.1, 0.15) is 0 Å². The van der Waals surface area contributed by atoms with Gasteiger partial charge in [-0.1, -0.05) is 6.92 Å². The summed E-state index contributed by atoms with van der Waals surface area (Å²) in [5, 5.41) is 3.32. The van der Waals surface area contributed by atoms with Gasteiger partial charge in [-0.25, -0.2) is 0 Å². The molecule has 0 aromatic rings. The zero-order valence-electron chi connectivity index (χ0n) is 8.87. The molecule has 0 bridgehead atoms. The first kappa shape index (κ1) is 10.6. The molecule has 0 aliphatic carbocycles. The molecule has 2 rings (SSSR count). The Kier molecular flexibility index (Phi) is 3.57. The third-order valence-electron chi connectivity index (χ3n) is 3.43. The van der Waals surface area contributed by atoms with Crippen LogP contribution in [0.15, 0.2) is 0 Å². The smallest absolute Gasteiger partial charge is 0.0363 e. The molecule has 2 saturated heterocycles. The van der Waals surface area contributed by atoms with Crippen molar-refractivity contribution in [1.29, 1.82) is 0 Å². The third-order valence-corrected chi connectivity index (χ3v) is 4.71. The number of hydrogen-bond acceptors (Lipinski definition) is 3. The van der Waals surface area contributed by atoms with E-state index in [2.05, 4.69) is 17.1 Å². The highest BCUT2D eigenvalue weighted by molar-refractivity contribution is 7.85. The highest BCUT2D eigenvalue weighted by Crippen LogP contribution is 2.17. The van der Waals surface area contributed by atoms with E-state index in [0.29, 0.717) is 0 Å². The number of nitrogens with zero attached hydrogens (tertiary/aromatic N) is 1. The molecule has 1 N–H and O–H groups in total. The van der Waals surface area contributed by atoms with Crippen LogP contribution in [0.5, 0.6) is 0 Å². The second kappa shape index (κ2) is 4.73. The van der Waals surface area contributed by atoms with Crippen LogP contribution in [0.3, 0.4) is 0 Å². The molecule has 0 radical (unpaired) electrons. The molecule has 0 aromatic heterocycles. The number of rotatable bonds is 3. The Morgan fingerprint density at radius 3 is 2.57 bits per heavy atom. The summed E-state index contributed by atoms with van der Waals surface area (Å²) in [6, 6.07) is 0. The Bertz CT molecular complexity index is 208. The number of hydrogen-bond donors (Lipinski definition) is 1. The van der Waals surface area contributed by atoms with Gasteiger partial charge in [0.2, 0.25) is 0 Å². The Labute approximate surface area is 88.7 Å². The first-order valence-corrected chi connectivity index (χ1v) is 7.02. The van der Waals surface area contributed by atoms with Crippen LogP contribution < -0.4 is 5.32 Å². The highest BCUT2D eigenvalue weighted by Gasteiger charge is 2.26. The largest absolute Gasteiger partial charge is 0.316 e. The summed E-state index contributed by atoms with van der Waals surface area (Å²) >= 11 is 0. The van der Waals surface area contributed by atoms with Crippen molar-refractivity contribution < 1.29 is 4.21 Å². The van der Waals surface area contributed by atoms with Crippen LogP contribution >= 0.6 is 0 Å². The van der Waals surface area contributed by atoms with Crippen LogP contribution in [0.1, 0.15) is 6.92 Å². The van der Waals surface area contributed by atoms with Gasteiger partial charge in [0.05, 0.1) is 0 Å². The van der Waals surface area contributed by atoms with Gasteiger partial charge < -0.3 is 10.2 Å². The van der Waals surface area contributed by atoms with Crippen molar-refractivity contribution in [3.63, 3.8) is 0 Å². The van der Waals surface area contributed by atoms with Gasteiger partial charge in [-0.05, 0) is 24.9 Å². The predicted octanol–water partition coefficient (Wildman–Crippen LogP) is -0.0938. The van der Waals surface area contributed by atoms with Crippen LogP contribution in [0.4, 0.5) is 0 Å². The van der Waals surface area contributed by atoms with Gasteiger partial charge in [0.25, 0.3) is 0 Å². The van der Waals surface area contributed by atoms with E-state index in [1.165, 1.54) is 19.6 Å². The summed E-state index contributed by atoms with van der Waals surface area (Å²) in [4.78, 5) is 2.48. The quantitative estimate of drug-likeness (QED) is 0.715. The zero-order valence-corrected chi connectivity index (χ0v) is 9.68. The van der Waals surface area contributed by atoms with E-state index >= 15 is 0 Å². The summed E-state index contributed by atoms with van der Waals surface area (Å²) in [5.41, 5.74) is 0. The highest BCUT2D eigenvalue weighted by atomic mass is 32.2. The van der Waals surface area contributed by atoms with Crippen LogP contribution in [0.2, 0.25) is 0 Å². The molecule has 1 unspecified atom stereocenters. The maximum Gasteiger partial charge on any atom is 0.0363 e. The fourth-order valence-electron chi connectivity index (χ4n) is 2.13. The molecule has 0 aromatic carbocycles. The summed E-state index contributed by atoms with van der Waals surface area (Å²) in [7, 11) is -0.528. The molecule has 4 heteroatoms. The summed E-state index contributed by atoms with van der Waals surface area (Å²) in [5.74, 6) is 3.44. The minimum absolute atomic E-state index is 0.528.